The molecule has 0 unspecified atom stereocenters. The summed E-state index contributed by atoms with van der Waals surface area (Å²) >= 11 is 2.05. The Labute approximate surface area is 118 Å². The molecular formula is C16H18N2S. The van der Waals surface area contributed by atoms with E-state index >= 15 is 0 Å². The van der Waals surface area contributed by atoms with Crippen LogP contribution in [-0.2, 0) is 6.54 Å². The Bertz CT molecular complexity index is 501. The zero-order valence-electron chi connectivity index (χ0n) is 10.9. The van der Waals surface area contributed by atoms with Crippen molar-refractivity contribution in [2.45, 2.75) is 12.6 Å². The third kappa shape index (κ3) is 3.17. The van der Waals surface area contributed by atoms with Crippen molar-refractivity contribution in [1.82, 2.24) is 9.88 Å². The molecule has 98 valence electrons. The molecule has 3 rings (SSSR count). The van der Waals surface area contributed by atoms with E-state index in [4.69, 9.17) is 0 Å². The molecule has 1 fully saturated rings. The molecule has 2 heterocycles. The second kappa shape index (κ2) is 6.22. The highest BCUT2D eigenvalue weighted by Crippen LogP contribution is 2.30. The summed E-state index contributed by atoms with van der Waals surface area (Å²) in [5.41, 5.74) is 2.58. The van der Waals surface area contributed by atoms with Crippen molar-refractivity contribution >= 4 is 11.8 Å². The first-order chi connectivity index (χ1) is 9.43. The second-order valence-corrected chi connectivity index (χ2v) is 5.94. The minimum atomic E-state index is 0.516. The fourth-order valence-electron chi connectivity index (χ4n) is 2.51. The highest BCUT2D eigenvalue weighted by atomic mass is 32.2. The van der Waals surface area contributed by atoms with Crippen molar-refractivity contribution in [3.8, 4) is 0 Å². The monoisotopic (exact) mass is 270 g/mol. The zero-order chi connectivity index (χ0) is 12.9. The molecular weight excluding hydrogens is 252 g/mol. The van der Waals surface area contributed by atoms with Gasteiger partial charge in [0.1, 0.15) is 0 Å². The molecule has 0 bridgehead atoms. The van der Waals surface area contributed by atoms with Crippen LogP contribution in [0.25, 0.3) is 0 Å². The summed E-state index contributed by atoms with van der Waals surface area (Å²) in [6.45, 7) is 2.09. The molecule has 19 heavy (non-hydrogen) atoms. The smallest absolute Gasteiger partial charge is 0.0544 e. The molecule has 1 aromatic heterocycles. The second-order valence-electron chi connectivity index (χ2n) is 4.79. The SMILES string of the molecule is c1ccc([C@H]2CSCCN2Cc2ccccn2)cc1. The topological polar surface area (TPSA) is 16.1 Å². The van der Waals surface area contributed by atoms with Gasteiger partial charge in [-0.05, 0) is 17.7 Å². The average molecular weight is 270 g/mol. The fraction of sp³-hybridized carbons (Fsp3) is 0.312. The Morgan fingerprint density at radius 1 is 1.11 bits per heavy atom. The van der Waals surface area contributed by atoms with Gasteiger partial charge in [0.15, 0.2) is 0 Å². The number of hydrogen-bond donors (Lipinski definition) is 0. The van der Waals surface area contributed by atoms with E-state index in [2.05, 4.69) is 64.1 Å². The Morgan fingerprint density at radius 2 is 1.95 bits per heavy atom. The standard InChI is InChI=1S/C16H18N2S/c1-2-6-14(7-3-1)16-13-19-11-10-18(16)12-15-8-4-5-9-17-15/h1-9,16H,10-13H2/t16-/m1/s1. The van der Waals surface area contributed by atoms with E-state index < -0.39 is 0 Å². The van der Waals surface area contributed by atoms with Crippen LogP contribution in [-0.4, -0.2) is 27.9 Å². The van der Waals surface area contributed by atoms with E-state index in [-0.39, 0.29) is 0 Å². The number of aromatic nitrogens is 1. The van der Waals surface area contributed by atoms with Gasteiger partial charge >= 0.3 is 0 Å². The summed E-state index contributed by atoms with van der Waals surface area (Å²) in [4.78, 5) is 7.00. The Balaban J connectivity index is 1.78. The lowest BCUT2D eigenvalue weighted by atomic mass is 10.1. The normalized spacial score (nSPS) is 20.3. The third-order valence-corrected chi connectivity index (χ3v) is 4.54. The van der Waals surface area contributed by atoms with E-state index in [1.165, 1.54) is 17.1 Å². The van der Waals surface area contributed by atoms with Gasteiger partial charge in [0.2, 0.25) is 0 Å². The molecule has 1 aliphatic rings. The van der Waals surface area contributed by atoms with Crippen molar-refractivity contribution in [2.75, 3.05) is 18.1 Å². The zero-order valence-corrected chi connectivity index (χ0v) is 11.7. The first kappa shape index (κ1) is 12.7. The van der Waals surface area contributed by atoms with Crippen LogP contribution in [0.5, 0.6) is 0 Å². The Morgan fingerprint density at radius 3 is 2.74 bits per heavy atom. The van der Waals surface area contributed by atoms with Gasteiger partial charge in [0.05, 0.1) is 5.69 Å². The van der Waals surface area contributed by atoms with Crippen molar-refractivity contribution in [3.63, 3.8) is 0 Å². The molecule has 3 heteroatoms. The first-order valence-corrected chi connectivity index (χ1v) is 7.85. The summed E-state index contributed by atoms with van der Waals surface area (Å²) in [5.74, 6) is 2.40. The molecule has 1 atom stereocenters. The van der Waals surface area contributed by atoms with E-state index in [0.29, 0.717) is 6.04 Å². The van der Waals surface area contributed by atoms with E-state index in [9.17, 15) is 0 Å². The molecule has 2 nitrogen and oxygen atoms in total. The lowest BCUT2D eigenvalue weighted by molar-refractivity contribution is 0.209. The van der Waals surface area contributed by atoms with E-state index in [0.717, 1.165) is 18.8 Å². The van der Waals surface area contributed by atoms with Crippen molar-refractivity contribution in [1.29, 1.82) is 0 Å². The summed E-state index contributed by atoms with van der Waals surface area (Å²) in [7, 11) is 0. The minimum absolute atomic E-state index is 0.516. The average Bonchev–Trinajstić information content (AvgIpc) is 2.50. The number of thioether (sulfide) groups is 1. The van der Waals surface area contributed by atoms with Crippen molar-refractivity contribution in [3.05, 3.63) is 66.0 Å². The van der Waals surface area contributed by atoms with Crippen LogP contribution < -0.4 is 0 Å². The molecule has 1 saturated heterocycles. The maximum atomic E-state index is 4.45. The molecule has 0 saturated carbocycles. The molecule has 0 radical (unpaired) electrons. The molecule has 1 aliphatic heterocycles. The number of hydrogen-bond acceptors (Lipinski definition) is 3. The molecule has 1 aromatic carbocycles. The van der Waals surface area contributed by atoms with Crippen LogP contribution in [0, 0.1) is 0 Å². The molecule has 0 N–H and O–H groups in total. The summed E-state index contributed by atoms with van der Waals surface area (Å²) in [5, 5.41) is 0. The van der Waals surface area contributed by atoms with Crippen LogP contribution in [0.3, 0.4) is 0 Å². The maximum Gasteiger partial charge on any atom is 0.0544 e. The van der Waals surface area contributed by atoms with Gasteiger partial charge in [0.25, 0.3) is 0 Å². The van der Waals surface area contributed by atoms with Gasteiger partial charge in [-0.2, -0.15) is 11.8 Å². The summed E-state index contributed by atoms with van der Waals surface area (Å²) in [6, 6.07) is 17.5. The largest absolute Gasteiger partial charge is 0.289 e. The first-order valence-electron chi connectivity index (χ1n) is 6.70. The third-order valence-electron chi connectivity index (χ3n) is 3.51. The summed E-state index contributed by atoms with van der Waals surface area (Å²) in [6.07, 6.45) is 1.88. The summed E-state index contributed by atoms with van der Waals surface area (Å²) < 4.78 is 0. The van der Waals surface area contributed by atoms with Crippen molar-refractivity contribution < 1.29 is 0 Å². The van der Waals surface area contributed by atoms with Crippen LogP contribution in [0.2, 0.25) is 0 Å². The number of benzene rings is 1. The van der Waals surface area contributed by atoms with Gasteiger partial charge in [-0.1, -0.05) is 36.4 Å². The lowest BCUT2D eigenvalue weighted by Crippen LogP contribution is -2.35. The van der Waals surface area contributed by atoms with Crippen molar-refractivity contribution in [2.24, 2.45) is 0 Å². The predicted molar refractivity (Wildman–Crippen MR) is 81.2 cm³/mol. The lowest BCUT2D eigenvalue weighted by Gasteiger charge is -2.35. The van der Waals surface area contributed by atoms with Crippen LogP contribution in [0.15, 0.2) is 54.7 Å². The quantitative estimate of drug-likeness (QED) is 0.850. The Kier molecular flexibility index (Phi) is 4.16. The molecule has 0 spiro atoms. The number of pyridine rings is 1. The van der Waals surface area contributed by atoms with Crippen LogP contribution in [0.4, 0.5) is 0 Å². The number of rotatable bonds is 3. The van der Waals surface area contributed by atoms with Gasteiger partial charge in [-0.3, -0.25) is 9.88 Å². The van der Waals surface area contributed by atoms with Gasteiger partial charge in [0, 0.05) is 36.8 Å². The van der Waals surface area contributed by atoms with Gasteiger partial charge < -0.3 is 0 Å². The predicted octanol–water partition coefficient (Wildman–Crippen LogP) is 3.37. The highest BCUT2D eigenvalue weighted by Gasteiger charge is 2.24. The van der Waals surface area contributed by atoms with E-state index in [1.807, 2.05) is 12.3 Å². The fourth-order valence-corrected chi connectivity index (χ4v) is 3.67. The van der Waals surface area contributed by atoms with Gasteiger partial charge in [-0.25, -0.2) is 0 Å². The number of nitrogens with zero attached hydrogens (tertiary/aromatic N) is 2. The van der Waals surface area contributed by atoms with Gasteiger partial charge in [-0.15, -0.1) is 0 Å². The molecule has 0 aliphatic carbocycles. The highest BCUT2D eigenvalue weighted by molar-refractivity contribution is 7.99. The maximum absolute atomic E-state index is 4.45. The molecule has 2 aromatic rings. The van der Waals surface area contributed by atoms with E-state index in [1.54, 1.807) is 0 Å². The molecule has 0 amide bonds. The minimum Gasteiger partial charge on any atom is -0.289 e. The Hall–Kier alpha value is -1.32. The van der Waals surface area contributed by atoms with Crippen LogP contribution in [0.1, 0.15) is 17.3 Å². The van der Waals surface area contributed by atoms with Crippen LogP contribution >= 0.6 is 11.8 Å².